The van der Waals surface area contributed by atoms with E-state index in [0.717, 1.165) is 35.6 Å². The molecule has 20 heavy (non-hydrogen) atoms. The summed E-state index contributed by atoms with van der Waals surface area (Å²) in [5.41, 5.74) is 8.81. The molecule has 1 atom stereocenters. The summed E-state index contributed by atoms with van der Waals surface area (Å²) in [6.07, 6.45) is 0.579. The largest absolute Gasteiger partial charge is 0.391 e. The van der Waals surface area contributed by atoms with Crippen LogP contribution in [0, 0.1) is 0 Å². The van der Waals surface area contributed by atoms with Gasteiger partial charge >= 0.3 is 0 Å². The molecule has 0 aliphatic carbocycles. The van der Waals surface area contributed by atoms with Crippen LogP contribution in [-0.2, 0) is 6.54 Å². The van der Waals surface area contributed by atoms with Gasteiger partial charge in [-0.25, -0.2) is 4.98 Å². The number of aromatic nitrogens is 1. The van der Waals surface area contributed by atoms with Crippen LogP contribution in [0.15, 0.2) is 42.5 Å². The van der Waals surface area contributed by atoms with Crippen LogP contribution < -0.4 is 10.6 Å². The van der Waals surface area contributed by atoms with Crippen molar-refractivity contribution in [2.75, 3.05) is 18.0 Å². The molecule has 0 amide bonds. The molecule has 0 radical (unpaired) electrons. The first-order valence-electron chi connectivity index (χ1n) is 6.96. The number of hydrogen-bond donors (Lipinski definition) is 2. The number of nitrogens with zero attached hydrogens (tertiary/aromatic N) is 2. The SMILES string of the molecule is NCc1cccc(-c2cccc(N3CCC(O)C3)n2)c1. The van der Waals surface area contributed by atoms with Gasteiger partial charge < -0.3 is 15.7 Å². The van der Waals surface area contributed by atoms with Crippen LogP contribution >= 0.6 is 0 Å². The van der Waals surface area contributed by atoms with E-state index in [1.807, 2.05) is 36.4 Å². The zero-order valence-corrected chi connectivity index (χ0v) is 11.4. The summed E-state index contributed by atoms with van der Waals surface area (Å²) >= 11 is 0. The molecule has 2 aromatic rings. The van der Waals surface area contributed by atoms with E-state index in [-0.39, 0.29) is 6.10 Å². The number of aliphatic hydroxyl groups is 1. The maximum atomic E-state index is 9.63. The Labute approximate surface area is 118 Å². The van der Waals surface area contributed by atoms with Crippen LogP contribution in [0.2, 0.25) is 0 Å². The van der Waals surface area contributed by atoms with Crippen molar-refractivity contribution in [2.24, 2.45) is 5.73 Å². The van der Waals surface area contributed by atoms with Crippen LogP contribution in [-0.4, -0.2) is 29.3 Å². The summed E-state index contributed by atoms with van der Waals surface area (Å²) < 4.78 is 0. The Bertz CT molecular complexity index is 600. The molecule has 4 nitrogen and oxygen atoms in total. The third-order valence-corrected chi connectivity index (χ3v) is 3.68. The zero-order valence-electron chi connectivity index (χ0n) is 11.4. The lowest BCUT2D eigenvalue weighted by Gasteiger charge is -2.17. The standard InChI is InChI=1S/C16H19N3O/c17-10-12-3-1-4-13(9-12)15-5-2-6-16(18-15)19-8-7-14(20)11-19/h1-6,9,14,20H,7-8,10-11,17H2. The number of aliphatic hydroxyl groups excluding tert-OH is 1. The molecule has 1 aromatic heterocycles. The fraction of sp³-hybridized carbons (Fsp3) is 0.312. The highest BCUT2D eigenvalue weighted by molar-refractivity contribution is 5.62. The predicted molar refractivity (Wildman–Crippen MR) is 80.4 cm³/mol. The quantitative estimate of drug-likeness (QED) is 0.891. The van der Waals surface area contributed by atoms with E-state index < -0.39 is 0 Å². The normalized spacial score (nSPS) is 18.5. The Morgan fingerprint density at radius 3 is 2.85 bits per heavy atom. The van der Waals surface area contributed by atoms with E-state index >= 15 is 0 Å². The molecule has 1 aliphatic rings. The molecule has 1 saturated heterocycles. The van der Waals surface area contributed by atoms with Gasteiger partial charge in [0.1, 0.15) is 5.82 Å². The van der Waals surface area contributed by atoms with Gasteiger partial charge in [-0.2, -0.15) is 0 Å². The second kappa shape index (κ2) is 5.61. The van der Waals surface area contributed by atoms with Crippen molar-refractivity contribution in [2.45, 2.75) is 19.1 Å². The molecule has 2 heterocycles. The number of β-amino-alcohol motifs (C(OH)–C–C–N with tert-alkyl or cyclic N) is 1. The summed E-state index contributed by atoms with van der Waals surface area (Å²) in [5.74, 6) is 0.928. The maximum absolute atomic E-state index is 9.63. The second-order valence-corrected chi connectivity index (χ2v) is 5.17. The zero-order chi connectivity index (χ0) is 13.9. The lowest BCUT2D eigenvalue weighted by atomic mass is 10.1. The number of pyridine rings is 1. The minimum Gasteiger partial charge on any atom is -0.391 e. The van der Waals surface area contributed by atoms with E-state index in [1.165, 1.54) is 0 Å². The van der Waals surface area contributed by atoms with Crippen molar-refractivity contribution < 1.29 is 5.11 Å². The minimum atomic E-state index is -0.235. The Morgan fingerprint density at radius 1 is 1.25 bits per heavy atom. The summed E-state index contributed by atoms with van der Waals surface area (Å²) in [6.45, 7) is 2.06. The fourth-order valence-corrected chi connectivity index (χ4v) is 2.57. The molecule has 104 valence electrons. The predicted octanol–water partition coefficient (Wildman–Crippen LogP) is 1.78. The molecule has 1 unspecified atom stereocenters. The van der Waals surface area contributed by atoms with Crippen molar-refractivity contribution in [3.63, 3.8) is 0 Å². The number of rotatable bonds is 3. The number of hydrogen-bond acceptors (Lipinski definition) is 4. The third kappa shape index (κ3) is 2.66. The molecular formula is C16H19N3O. The monoisotopic (exact) mass is 269 g/mol. The van der Waals surface area contributed by atoms with Gasteiger partial charge in [-0.3, -0.25) is 0 Å². The number of nitrogens with two attached hydrogens (primary N) is 1. The van der Waals surface area contributed by atoms with Gasteiger partial charge in [0, 0.05) is 25.2 Å². The molecule has 0 saturated carbocycles. The molecule has 0 spiro atoms. The third-order valence-electron chi connectivity index (χ3n) is 3.68. The lowest BCUT2D eigenvalue weighted by molar-refractivity contribution is 0.198. The summed E-state index contributed by atoms with van der Waals surface area (Å²) in [4.78, 5) is 6.83. The van der Waals surface area contributed by atoms with Gasteiger partial charge in [0.25, 0.3) is 0 Å². The highest BCUT2D eigenvalue weighted by Gasteiger charge is 2.21. The van der Waals surface area contributed by atoms with Crippen LogP contribution in [0.5, 0.6) is 0 Å². The molecule has 4 heteroatoms. The molecule has 3 rings (SSSR count). The van der Waals surface area contributed by atoms with E-state index in [0.29, 0.717) is 13.1 Å². The average Bonchev–Trinajstić information content (AvgIpc) is 2.94. The molecule has 1 aromatic carbocycles. The topological polar surface area (TPSA) is 62.4 Å². The maximum Gasteiger partial charge on any atom is 0.129 e. The van der Waals surface area contributed by atoms with Crippen LogP contribution in [0.3, 0.4) is 0 Å². The average molecular weight is 269 g/mol. The van der Waals surface area contributed by atoms with Crippen molar-refractivity contribution >= 4 is 5.82 Å². The number of anilines is 1. The van der Waals surface area contributed by atoms with Crippen LogP contribution in [0.25, 0.3) is 11.3 Å². The van der Waals surface area contributed by atoms with Gasteiger partial charge in [-0.15, -0.1) is 0 Å². The summed E-state index contributed by atoms with van der Waals surface area (Å²) in [5, 5.41) is 9.63. The van der Waals surface area contributed by atoms with Crippen LogP contribution in [0.4, 0.5) is 5.82 Å². The molecule has 0 bridgehead atoms. The lowest BCUT2D eigenvalue weighted by Crippen LogP contribution is -2.22. The highest BCUT2D eigenvalue weighted by Crippen LogP contribution is 2.23. The van der Waals surface area contributed by atoms with Crippen molar-refractivity contribution in [1.82, 2.24) is 4.98 Å². The van der Waals surface area contributed by atoms with Gasteiger partial charge in [0.05, 0.1) is 11.8 Å². The van der Waals surface area contributed by atoms with Gasteiger partial charge in [0.2, 0.25) is 0 Å². The van der Waals surface area contributed by atoms with E-state index in [2.05, 4.69) is 11.0 Å². The first kappa shape index (κ1) is 13.1. The Hall–Kier alpha value is -1.91. The molecule has 3 N–H and O–H groups in total. The van der Waals surface area contributed by atoms with Crippen molar-refractivity contribution in [3.05, 3.63) is 48.0 Å². The molecular weight excluding hydrogens is 250 g/mol. The van der Waals surface area contributed by atoms with Gasteiger partial charge in [-0.05, 0) is 30.2 Å². The summed E-state index contributed by atoms with van der Waals surface area (Å²) in [6, 6.07) is 14.2. The van der Waals surface area contributed by atoms with E-state index in [4.69, 9.17) is 10.7 Å². The second-order valence-electron chi connectivity index (χ2n) is 5.17. The van der Waals surface area contributed by atoms with Crippen LogP contribution in [0.1, 0.15) is 12.0 Å². The first-order valence-corrected chi connectivity index (χ1v) is 6.96. The summed E-state index contributed by atoms with van der Waals surface area (Å²) in [7, 11) is 0. The highest BCUT2D eigenvalue weighted by atomic mass is 16.3. The van der Waals surface area contributed by atoms with E-state index in [9.17, 15) is 5.11 Å². The molecule has 1 aliphatic heterocycles. The van der Waals surface area contributed by atoms with Gasteiger partial charge in [0.15, 0.2) is 0 Å². The Kier molecular flexibility index (Phi) is 3.67. The van der Waals surface area contributed by atoms with Gasteiger partial charge in [-0.1, -0.05) is 24.3 Å². The number of benzene rings is 1. The smallest absolute Gasteiger partial charge is 0.129 e. The Morgan fingerprint density at radius 2 is 2.10 bits per heavy atom. The minimum absolute atomic E-state index is 0.235. The molecule has 1 fully saturated rings. The first-order chi connectivity index (χ1) is 9.76. The fourth-order valence-electron chi connectivity index (χ4n) is 2.57. The van der Waals surface area contributed by atoms with E-state index in [1.54, 1.807) is 0 Å². The van der Waals surface area contributed by atoms with Crippen molar-refractivity contribution in [3.8, 4) is 11.3 Å². The Balaban J connectivity index is 1.90. The van der Waals surface area contributed by atoms with Crippen molar-refractivity contribution in [1.29, 1.82) is 0 Å².